The number of anilines is 1. The van der Waals surface area contributed by atoms with Crippen LogP contribution in [0.1, 0.15) is 28.9 Å². The Morgan fingerprint density at radius 2 is 1.80 bits per heavy atom. The Kier molecular flexibility index (Phi) is 4.04. The van der Waals surface area contributed by atoms with Crippen LogP contribution in [0.15, 0.2) is 24.3 Å². The highest BCUT2D eigenvalue weighted by Gasteiger charge is 2.37. The maximum absolute atomic E-state index is 13.3. The number of hydrogen-bond acceptors (Lipinski definition) is 3. The predicted octanol–water partition coefficient (Wildman–Crippen LogP) is 4.19. The number of fused-ring (bicyclic) bond motifs is 1. The Labute approximate surface area is 138 Å². The van der Waals surface area contributed by atoms with Gasteiger partial charge in [0.2, 0.25) is 0 Å². The summed E-state index contributed by atoms with van der Waals surface area (Å²) in [6.07, 6.45) is -5.65. The second-order valence-corrected chi connectivity index (χ2v) is 5.90. The van der Waals surface area contributed by atoms with Gasteiger partial charge in [-0.25, -0.2) is 18.6 Å². The number of piperidine rings is 1. The van der Waals surface area contributed by atoms with E-state index in [2.05, 4.69) is 4.98 Å². The van der Waals surface area contributed by atoms with Gasteiger partial charge in [-0.1, -0.05) is 0 Å². The number of aromatic nitrogens is 1. The van der Waals surface area contributed by atoms with E-state index in [1.807, 2.05) is 0 Å². The molecule has 9 heteroatoms. The topological polar surface area (TPSA) is 53.4 Å². The normalized spacial score (nSPS) is 17.7. The monoisotopic (exact) mass is 360 g/mol. The van der Waals surface area contributed by atoms with Crippen molar-refractivity contribution in [2.45, 2.75) is 24.9 Å². The highest BCUT2D eigenvalue weighted by molar-refractivity contribution is 5.98. The van der Waals surface area contributed by atoms with Crippen LogP contribution in [0.3, 0.4) is 0 Å². The first-order chi connectivity index (χ1) is 11.6. The van der Waals surface area contributed by atoms with Gasteiger partial charge in [0.1, 0.15) is 5.69 Å². The quantitative estimate of drug-likeness (QED) is 0.816. The highest BCUT2D eigenvalue weighted by atomic mass is 19.4. The molecule has 0 atom stereocenters. The molecule has 1 saturated heterocycles. The molecule has 4 nitrogen and oxygen atoms in total. The fraction of sp³-hybridized carbons (Fsp3) is 0.375. The second-order valence-electron chi connectivity index (χ2n) is 5.90. The zero-order valence-corrected chi connectivity index (χ0v) is 12.8. The van der Waals surface area contributed by atoms with Crippen LogP contribution in [0, 0.1) is 0 Å². The predicted molar refractivity (Wildman–Crippen MR) is 80.1 cm³/mol. The van der Waals surface area contributed by atoms with Crippen LogP contribution in [0.2, 0.25) is 0 Å². The van der Waals surface area contributed by atoms with Gasteiger partial charge in [0.25, 0.3) is 5.92 Å². The summed E-state index contributed by atoms with van der Waals surface area (Å²) in [5, 5.41) is 9.28. The van der Waals surface area contributed by atoms with E-state index in [0.29, 0.717) is 0 Å². The van der Waals surface area contributed by atoms with Gasteiger partial charge < -0.3 is 10.0 Å². The SMILES string of the molecule is O=C(O)c1ccc2nc(C(F)(F)F)cc(N3CCC(F)(F)CC3)c2c1. The third kappa shape index (κ3) is 3.49. The average molecular weight is 360 g/mol. The molecule has 2 heterocycles. The summed E-state index contributed by atoms with van der Waals surface area (Å²) in [7, 11) is 0. The molecule has 0 spiro atoms. The van der Waals surface area contributed by atoms with Crippen LogP contribution in [-0.2, 0) is 6.18 Å². The lowest BCUT2D eigenvalue weighted by Gasteiger charge is -2.34. The third-order valence-corrected chi connectivity index (χ3v) is 4.16. The number of hydrogen-bond donors (Lipinski definition) is 1. The molecule has 0 radical (unpaired) electrons. The minimum Gasteiger partial charge on any atom is -0.478 e. The molecule has 0 amide bonds. The summed E-state index contributed by atoms with van der Waals surface area (Å²) in [5.41, 5.74) is -1.23. The van der Waals surface area contributed by atoms with Gasteiger partial charge in [-0.15, -0.1) is 0 Å². The molecule has 134 valence electrons. The van der Waals surface area contributed by atoms with Crippen LogP contribution in [0.4, 0.5) is 27.6 Å². The van der Waals surface area contributed by atoms with Crippen molar-refractivity contribution in [3.63, 3.8) is 0 Å². The van der Waals surface area contributed by atoms with E-state index in [4.69, 9.17) is 5.11 Å². The molecular weight excluding hydrogens is 347 g/mol. The number of nitrogens with zero attached hydrogens (tertiary/aromatic N) is 2. The van der Waals surface area contributed by atoms with Gasteiger partial charge in [0.05, 0.1) is 11.1 Å². The summed E-state index contributed by atoms with van der Waals surface area (Å²) >= 11 is 0. The first-order valence-corrected chi connectivity index (χ1v) is 7.45. The second kappa shape index (κ2) is 5.82. The molecule has 1 aliphatic rings. The Balaban J connectivity index is 2.15. The molecule has 1 aromatic carbocycles. The molecule has 0 unspecified atom stereocenters. The molecule has 3 rings (SSSR count). The van der Waals surface area contributed by atoms with Gasteiger partial charge in [0, 0.05) is 37.0 Å². The molecule has 1 fully saturated rings. The third-order valence-electron chi connectivity index (χ3n) is 4.16. The lowest BCUT2D eigenvalue weighted by Crippen LogP contribution is -2.39. The molecule has 0 aliphatic carbocycles. The zero-order valence-electron chi connectivity index (χ0n) is 12.8. The molecule has 25 heavy (non-hydrogen) atoms. The minimum atomic E-state index is -4.70. The summed E-state index contributed by atoms with van der Waals surface area (Å²) in [5.74, 6) is -4.09. The van der Waals surface area contributed by atoms with Gasteiger partial charge >= 0.3 is 12.1 Å². The number of pyridine rings is 1. The molecule has 1 N–H and O–H groups in total. The Hall–Kier alpha value is -2.45. The lowest BCUT2D eigenvalue weighted by atomic mass is 10.0. The van der Waals surface area contributed by atoms with E-state index in [1.54, 1.807) is 0 Å². The molecule has 0 saturated carbocycles. The summed E-state index contributed by atoms with van der Waals surface area (Å²) in [4.78, 5) is 16.1. The fourth-order valence-corrected chi connectivity index (χ4v) is 2.82. The van der Waals surface area contributed by atoms with Crippen molar-refractivity contribution in [3.8, 4) is 0 Å². The van der Waals surface area contributed by atoms with Crippen molar-refractivity contribution >= 4 is 22.6 Å². The number of carboxylic acids is 1. The van der Waals surface area contributed by atoms with Crippen LogP contribution in [0.5, 0.6) is 0 Å². The molecule has 0 bridgehead atoms. The zero-order chi connectivity index (χ0) is 18.4. The molecular formula is C16H13F5N2O2. The molecule has 1 aromatic heterocycles. The Bertz CT molecular complexity index is 825. The summed E-state index contributed by atoms with van der Waals surface area (Å²) in [6, 6.07) is 4.35. The number of benzene rings is 1. The smallest absolute Gasteiger partial charge is 0.433 e. The van der Waals surface area contributed by atoms with E-state index >= 15 is 0 Å². The van der Waals surface area contributed by atoms with Crippen LogP contribution in [0.25, 0.3) is 10.9 Å². The first kappa shape index (κ1) is 17.4. The van der Waals surface area contributed by atoms with E-state index < -0.39 is 36.6 Å². The molecule has 1 aliphatic heterocycles. The lowest BCUT2D eigenvalue weighted by molar-refractivity contribution is -0.140. The minimum absolute atomic E-state index is 0.0350. The largest absolute Gasteiger partial charge is 0.478 e. The van der Waals surface area contributed by atoms with E-state index in [-0.39, 0.29) is 35.2 Å². The van der Waals surface area contributed by atoms with Crippen molar-refractivity contribution < 1.29 is 31.9 Å². The van der Waals surface area contributed by atoms with Crippen LogP contribution < -0.4 is 4.90 Å². The first-order valence-electron chi connectivity index (χ1n) is 7.45. The van der Waals surface area contributed by atoms with Crippen LogP contribution in [-0.4, -0.2) is 35.1 Å². The number of halogens is 5. The number of rotatable bonds is 2. The van der Waals surface area contributed by atoms with Crippen LogP contribution >= 0.6 is 0 Å². The Morgan fingerprint density at radius 3 is 2.36 bits per heavy atom. The number of alkyl halides is 5. The van der Waals surface area contributed by atoms with Crippen molar-refractivity contribution in [2.75, 3.05) is 18.0 Å². The maximum Gasteiger partial charge on any atom is 0.433 e. The van der Waals surface area contributed by atoms with Crippen molar-refractivity contribution in [1.29, 1.82) is 0 Å². The van der Waals surface area contributed by atoms with Crippen molar-refractivity contribution in [3.05, 3.63) is 35.5 Å². The highest BCUT2D eigenvalue weighted by Crippen LogP contribution is 2.37. The van der Waals surface area contributed by atoms with Gasteiger partial charge in [-0.3, -0.25) is 0 Å². The standard InChI is InChI=1S/C16H13F5N2O2/c17-15(18)3-5-23(6-4-15)12-8-13(16(19,20)21)22-11-2-1-9(14(24)25)7-10(11)12/h1-2,7-8H,3-6H2,(H,24,25). The Morgan fingerprint density at radius 1 is 1.16 bits per heavy atom. The van der Waals surface area contributed by atoms with E-state index in [0.717, 1.165) is 12.1 Å². The van der Waals surface area contributed by atoms with E-state index in [9.17, 15) is 26.7 Å². The molecule has 2 aromatic rings. The maximum atomic E-state index is 13.3. The summed E-state index contributed by atoms with van der Waals surface area (Å²) < 4.78 is 66.0. The van der Waals surface area contributed by atoms with Gasteiger partial charge in [0.15, 0.2) is 0 Å². The number of aromatic carboxylic acids is 1. The summed E-state index contributed by atoms with van der Waals surface area (Å²) in [6.45, 7) is -0.249. The van der Waals surface area contributed by atoms with Crippen molar-refractivity contribution in [2.24, 2.45) is 0 Å². The van der Waals surface area contributed by atoms with Gasteiger partial charge in [-0.2, -0.15) is 13.2 Å². The van der Waals surface area contributed by atoms with E-state index in [1.165, 1.54) is 17.0 Å². The average Bonchev–Trinajstić information content (AvgIpc) is 2.52. The van der Waals surface area contributed by atoms with Gasteiger partial charge in [-0.05, 0) is 24.3 Å². The number of carbonyl (C=O) groups is 1. The van der Waals surface area contributed by atoms with Crippen molar-refractivity contribution in [1.82, 2.24) is 4.98 Å². The fourth-order valence-electron chi connectivity index (χ4n) is 2.82. The number of carboxylic acid groups (broad SMARTS) is 1.